The fraction of sp³-hybridized carbons (Fsp3) is 0.692. The van der Waals surface area contributed by atoms with Gasteiger partial charge in [0, 0.05) is 12.6 Å². The summed E-state index contributed by atoms with van der Waals surface area (Å²) in [5, 5.41) is 13.6. The molecule has 1 unspecified atom stereocenters. The van der Waals surface area contributed by atoms with Crippen LogP contribution in [0.2, 0.25) is 5.15 Å². The van der Waals surface area contributed by atoms with E-state index in [-0.39, 0.29) is 5.60 Å². The molecule has 0 bridgehead atoms. The predicted molar refractivity (Wildman–Crippen MR) is 75.6 cm³/mol. The molecule has 102 valence electrons. The summed E-state index contributed by atoms with van der Waals surface area (Å²) < 4.78 is 10.0. The highest BCUT2D eigenvalue weighted by atomic mass is 35.5. The molecule has 1 N–H and O–H groups in total. The van der Waals surface area contributed by atoms with Crippen molar-refractivity contribution in [1.29, 1.82) is 5.26 Å². The van der Waals surface area contributed by atoms with Crippen molar-refractivity contribution in [2.45, 2.75) is 50.2 Å². The van der Waals surface area contributed by atoms with Crippen LogP contribution in [0.25, 0.3) is 0 Å². The number of nitrogens with zero attached hydrogens (tertiary/aromatic N) is 2. The van der Waals surface area contributed by atoms with Gasteiger partial charge < -0.3 is 10.1 Å². The Kier molecular flexibility index (Phi) is 3.66. The fourth-order valence-corrected chi connectivity index (χ4v) is 4.18. The first-order chi connectivity index (χ1) is 9.22. The maximum absolute atomic E-state index is 9.09. The van der Waals surface area contributed by atoms with Crippen LogP contribution in [0.15, 0.2) is 0 Å². The summed E-state index contributed by atoms with van der Waals surface area (Å²) in [5.74, 6) is 0. The molecule has 1 atom stereocenters. The van der Waals surface area contributed by atoms with Gasteiger partial charge in [-0.25, -0.2) is 0 Å². The number of nitriles is 1. The Labute approximate surface area is 121 Å². The van der Waals surface area contributed by atoms with Gasteiger partial charge in [0.15, 0.2) is 5.15 Å². The second kappa shape index (κ2) is 5.28. The summed E-state index contributed by atoms with van der Waals surface area (Å²) in [6, 6.07) is 2.47. The number of halogens is 1. The van der Waals surface area contributed by atoms with E-state index < -0.39 is 0 Å². The molecule has 0 radical (unpaired) electrons. The van der Waals surface area contributed by atoms with Gasteiger partial charge in [0.05, 0.1) is 5.60 Å². The zero-order valence-corrected chi connectivity index (χ0v) is 12.2. The Bertz CT molecular complexity index is 504. The molecule has 0 amide bonds. The van der Waals surface area contributed by atoms with Crippen molar-refractivity contribution in [3.63, 3.8) is 0 Å². The molecule has 2 heterocycles. The molecule has 1 aromatic heterocycles. The van der Waals surface area contributed by atoms with E-state index in [9.17, 15) is 0 Å². The Morgan fingerprint density at radius 3 is 3.00 bits per heavy atom. The summed E-state index contributed by atoms with van der Waals surface area (Å²) in [7, 11) is 0. The number of ether oxygens (including phenoxy) is 1. The number of anilines is 1. The van der Waals surface area contributed by atoms with Crippen LogP contribution >= 0.6 is 23.1 Å². The average molecular weight is 298 g/mol. The van der Waals surface area contributed by atoms with Crippen molar-refractivity contribution in [2.24, 2.45) is 0 Å². The molecule has 1 spiro atoms. The zero-order valence-electron chi connectivity index (χ0n) is 10.6. The zero-order chi connectivity index (χ0) is 13.3. The van der Waals surface area contributed by atoms with Gasteiger partial charge in [-0.05, 0) is 37.2 Å². The summed E-state index contributed by atoms with van der Waals surface area (Å²) in [5.41, 5.74) is 0.552. The van der Waals surface area contributed by atoms with Crippen LogP contribution < -0.4 is 5.32 Å². The highest BCUT2D eigenvalue weighted by Crippen LogP contribution is 2.41. The van der Waals surface area contributed by atoms with Crippen molar-refractivity contribution >= 4 is 28.1 Å². The summed E-state index contributed by atoms with van der Waals surface area (Å²) in [6.07, 6.45) is 6.86. The topological polar surface area (TPSA) is 57.9 Å². The lowest BCUT2D eigenvalue weighted by Crippen LogP contribution is -2.42. The van der Waals surface area contributed by atoms with E-state index >= 15 is 0 Å². The van der Waals surface area contributed by atoms with E-state index in [1.54, 1.807) is 0 Å². The molecule has 1 saturated heterocycles. The van der Waals surface area contributed by atoms with Crippen LogP contribution in [0, 0.1) is 11.3 Å². The van der Waals surface area contributed by atoms with Crippen molar-refractivity contribution in [3.8, 4) is 6.07 Å². The highest BCUT2D eigenvalue weighted by molar-refractivity contribution is 7.10. The average Bonchev–Trinajstić information content (AvgIpc) is 2.98. The summed E-state index contributed by atoms with van der Waals surface area (Å²) in [6.45, 7) is 0.798. The number of rotatable bonds is 2. The van der Waals surface area contributed by atoms with Crippen LogP contribution in [-0.2, 0) is 4.74 Å². The van der Waals surface area contributed by atoms with Crippen LogP contribution in [0.1, 0.15) is 44.1 Å². The molecule has 0 aromatic carbocycles. The van der Waals surface area contributed by atoms with Gasteiger partial charge in [-0.15, -0.1) is 0 Å². The number of hydrogen-bond donors (Lipinski definition) is 1. The van der Waals surface area contributed by atoms with Gasteiger partial charge in [0.2, 0.25) is 0 Å². The Hall–Kier alpha value is -0.830. The van der Waals surface area contributed by atoms with Gasteiger partial charge in [0.1, 0.15) is 16.6 Å². The first-order valence-electron chi connectivity index (χ1n) is 6.68. The Morgan fingerprint density at radius 2 is 2.26 bits per heavy atom. The first-order valence-corrected chi connectivity index (χ1v) is 7.83. The predicted octanol–water partition coefficient (Wildman–Crippen LogP) is 3.57. The number of hydrogen-bond acceptors (Lipinski definition) is 5. The second-order valence-corrected chi connectivity index (χ2v) is 6.49. The van der Waals surface area contributed by atoms with Crippen molar-refractivity contribution in [3.05, 3.63) is 10.7 Å². The maximum Gasteiger partial charge on any atom is 0.162 e. The molecule has 2 fully saturated rings. The van der Waals surface area contributed by atoms with E-state index in [4.69, 9.17) is 21.6 Å². The molecule has 1 aliphatic carbocycles. The normalized spacial score (nSPS) is 25.4. The maximum atomic E-state index is 9.09. The van der Waals surface area contributed by atoms with Crippen LogP contribution in [0.5, 0.6) is 0 Å². The molecule has 4 nitrogen and oxygen atoms in total. The Balaban J connectivity index is 1.71. The summed E-state index contributed by atoms with van der Waals surface area (Å²) >= 11 is 7.16. The van der Waals surface area contributed by atoms with Gasteiger partial charge in [-0.1, -0.05) is 24.4 Å². The lowest BCUT2D eigenvalue weighted by Gasteiger charge is -2.38. The SMILES string of the molecule is N#Cc1c(Cl)nsc1NC1CCOC2(CCCC2)C1. The summed E-state index contributed by atoms with van der Waals surface area (Å²) in [4.78, 5) is 0. The molecule has 1 saturated carbocycles. The van der Waals surface area contributed by atoms with Gasteiger partial charge in [-0.2, -0.15) is 9.64 Å². The number of aromatic nitrogens is 1. The third-order valence-corrected chi connectivity index (χ3v) is 5.26. The minimum absolute atomic E-state index is 0.0806. The molecular formula is C13H16ClN3OS. The third-order valence-electron chi connectivity index (χ3n) is 4.11. The van der Waals surface area contributed by atoms with E-state index in [0.29, 0.717) is 16.8 Å². The first kappa shape index (κ1) is 13.2. The second-order valence-electron chi connectivity index (χ2n) is 5.36. The molecule has 1 aliphatic heterocycles. The van der Waals surface area contributed by atoms with Crippen LogP contribution in [-0.4, -0.2) is 22.6 Å². The van der Waals surface area contributed by atoms with Gasteiger partial charge >= 0.3 is 0 Å². The molecule has 2 aliphatic rings. The lowest BCUT2D eigenvalue weighted by molar-refractivity contribution is -0.0766. The highest BCUT2D eigenvalue weighted by Gasteiger charge is 2.40. The van der Waals surface area contributed by atoms with Crippen LogP contribution in [0.4, 0.5) is 5.00 Å². The fourth-order valence-electron chi connectivity index (χ4n) is 3.17. The van der Waals surface area contributed by atoms with E-state index in [2.05, 4.69) is 15.8 Å². The lowest BCUT2D eigenvalue weighted by atomic mass is 9.89. The monoisotopic (exact) mass is 297 g/mol. The number of nitrogens with one attached hydrogen (secondary N) is 1. The van der Waals surface area contributed by atoms with Gasteiger partial charge in [0.25, 0.3) is 0 Å². The third kappa shape index (κ3) is 2.58. The molecular weight excluding hydrogens is 282 g/mol. The van der Waals surface area contributed by atoms with E-state index in [0.717, 1.165) is 24.4 Å². The molecule has 1 aromatic rings. The van der Waals surface area contributed by atoms with Crippen molar-refractivity contribution in [1.82, 2.24) is 4.37 Å². The quantitative estimate of drug-likeness (QED) is 0.906. The smallest absolute Gasteiger partial charge is 0.162 e. The molecule has 3 rings (SSSR count). The van der Waals surface area contributed by atoms with Crippen LogP contribution in [0.3, 0.4) is 0 Å². The Morgan fingerprint density at radius 1 is 1.47 bits per heavy atom. The van der Waals surface area contributed by atoms with Crippen molar-refractivity contribution < 1.29 is 4.74 Å². The van der Waals surface area contributed by atoms with E-state index in [1.807, 2.05) is 0 Å². The van der Waals surface area contributed by atoms with Gasteiger partial charge in [-0.3, -0.25) is 0 Å². The minimum atomic E-state index is 0.0806. The standard InChI is InChI=1S/C13H16ClN3OS/c14-11-10(8-15)12(19-17-11)16-9-3-6-18-13(7-9)4-1-2-5-13/h9,16H,1-7H2. The minimum Gasteiger partial charge on any atom is -0.375 e. The van der Waals surface area contributed by atoms with E-state index in [1.165, 1.54) is 37.2 Å². The largest absolute Gasteiger partial charge is 0.375 e. The van der Waals surface area contributed by atoms with Crippen molar-refractivity contribution in [2.75, 3.05) is 11.9 Å². The molecule has 6 heteroatoms. The molecule has 19 heavy (non-hydrogen) atoms.